The SMILES string of the molecule is CC(C)C[CH]NC(=O)CNC(=O)c1cc(Cl)ccc1F. The van der Waals surface area contributed by atoms with Gasteiger partial charge in [-0.1, -0.05) is 25.4 Å². The van der Waals surface area contributed by atoms with Crippen LogP contribution in [0.1, 0.15) is 30.6 Å². The topological polar surface area (TPSA) is 58.2 Å². The first kappa shape index (κ1) is 16.4. The maximum Gasteiger partial charge on any atom is 0.254 e. The zero-order valence-electron chi connectivity index (χ0n) is 11.4. The number of benzene rings is 1. The first-order valence-corrected chi connectivity index (χ1v) is 6.62. The quantitative estimate of drug-likeness (QED) is 0.848. The van der Waals surface area contributed by atoms with Crippen LogP contribution in [0.15, 0.2) is 18.2 Å². The molecule has 20 heavy (non-hydrogen) atoms. The van der Waals surface area contributed by atoms with Crippen LogP contribution in [-0.4, -0.2) is 18.4 Å². The lowest BCUT2D eigenvalue weighted by atomic mass is 10.1. The highest BCUT2D eigenvalue weighted by molar-refractivity contribution is 6.31. The molecule has 1 aromatic carbocycles. The number of hydrogen-bond donors (Lipinski definition) is 2. The summed E-state index contributed by atoms with van der Waals surface area (Å²) in [7, 11) is 0. The summed E-state index contributed by atoms with van der Waals surface area (Å²) in [6.45, 7) is 5.46. The van der Waals surface area contributed by atoms with Gasteiger partial charge in [0.2, 0.25) is 5.91 Å². The van der Waals surface area contributed by atoms with Gasteiger partial charge >= 0.3 is 0 Å². The molecule has 0 aromatic heterocycles. The van der Waals surface area contributed by atoms with Gasteiger partial charge in [0.15, 0.2) is 0 Å². The molecule has 0 atom stereocenters. The summed E-state index contributed by atoms with van der Waals surface area (Å²) in [5.74, 6) is -1.28. The van der Waals surface area contributed by atoms with E-state index in [9.17, 15) is 14.0 Å². The average molecular weight is 300 g/mol. The number of halogens is 2. The highest BCUT2D eigenvalue weighted by Crippen LogP contribution is 2.14. The van der Waals surface area contributed by atoms with Gasteiger partial charge in [-0.15, -0.1) is 0 Å². The van der Waals surface area contributed by atoms with E-state index in [0.717, 1.165) is 12.5 Å². The molecule has 0 fully saturated rings. The molecule has 2 amide bonds. The van der Waals surface area contributed by atoms with Crippen molar-refractivity contribution >= 4 is 23.4 Å². The molecule has 0 saturated heterocycles. The average Bonchev–Trinajstić information content (AvgIpc) is 2.38. The van der Waals surface area contributed by atoms with E-state index >= 15 is 0 Å². The maximum atomic E-state index is 13.4. The second kappa shape index (κ2) is 7.85. The van der Waals surface area contributed by atoms with Gasteiger partial charge in [-0.05, 0) is 30.5 Å². The molecule has 0 spiro atoms. The van der Waals surface area contributed by atoms with E-state index in [-0.39, 0.29) is 23.0 Å². The second-order valence-corrected chi connectivity index (χ2v) is 5.14. The van der Waals surface area contributed by atoms with Gasteiger partial charge in [-0.2, -0.15) is 0 Å². The van der Waals surface area contributed by atoms with Crippen molar-refractivity contribution < 1.29 is 14.0 Å². The van der Waals surface area contributed by atoms with Crippen LogP contribution in [0.4, 0.5) is 4.39 Å². The van der Waals surface area contributed by atoms with Crippen LogP contribution in [-0.2, 0) is 4.79 Å². The molecular formula is C14H17ClFN2O2. The number of carbonyl (C=O) groups excluding carboxylic acids is 2. The molecule has 4 nitrogen and oxygen atoms in total. The van der Waals surface area contributed by atoms with Crippen molar-refractivity contribution in [2.24, 2.45) is 5.92 Å². The zero-order chi connectivity index (χ0) is 15.1. The molecule has 1 rings (SSSR count). The third-order valence-electron chi connectivity index (χ3n) is 2.43. The lowest BCUT2D eigenvalue weighted by Gasteiger charge is -2.08. The Morgan fingerprint density at radius 3 is 2.75 bits per heavy atom. The fourth-order valence-corrected chi connectivity index (χ4v) is 1.56. The van der Waals surface area contributed by atoms with E-state index in [4.69, 9.17) is 11.6 Å². The zero-order valence-corrected chi connectivity index (χ0v) is 12.1. The molecule has 0 aliphatic carbocycles. The second-order valence-electron chi connectivity index (χ2n) is 4.71. The Hall–Kier alpha value is -1.62. The summed E-state index contributed by atoms with van der Waals surface area (Å²) < 4.78 is 13.4. The Balaban J connectivity index is 2.43. The lowest BCUT2D eigenvalue weighted by Crippen LogP contribution is -2.36. The number of hydrogen-bond acceptors (Lipinski definition) is 2. The highest BCUT2D eigenvalue weighted by Gasteiger charge is 2.13. The Labute approximate surface area is 122 Å². The third kappa shape index (κ3) is 5.57. The van der Waals surface area contributed by atoms with Crippen molar-refractivity contribution in [2.45, 2.75) is 20.3 Å². The summed E-state index contributed by atoms with van der Waals surface area (Å²) in [4.78, 5) is 23.1. The minimum Gasteiger partial charge on any atom is -0.350 e. The Morgan fingerprint density at radius 2 is 2.10 bits per heavy atom. The van der Waals surface area contributed by atoms with E-state index < -0.39 is 11.7 Å². The van der Waals surface area contributed by atoms with E-state index in [2.05, 4.69) is 10.6 Å². The molecule has 6 heteroatoms. The van der Waals surface area contributed by atoms with E-state index in [1.54, 1.807) is 6.54 Å². The first-order chi connectivity index (χ1) is 9.40. The van der Waals surface area contributed by atoms with Crippen molar-refractivity contribution in [3.8, 4) is 0 Å². The van der Waals surface area contributed by atoms with Crippen molar-refractivity contribution in [3.05, 3.63) is 41.1 Å². The molecular weight excluding hydrogens is 283 g/mol. The fourth-order valence-electron chi connectivity index (χ4n) is 1.39. The van der Waals surface area contributed by atoms with E-state index in [0.29, 0.717) is 5.92 Å². The number of rotatable bonds is 6. The van der Waals surface area contributed by atoms with Crippen LogP contribution < -0.4 is 10.6 Å². The van der Waals surface area contributed by atoms with Crippen LogP contribution in [0.3, 0.4) is 0 Å². The largest absolute Gasteiger partial charge is 0.350 e. The van der Waals surface area contributed by atoms with Crippen LogP contribution >= 0.6 is 11.6 Å². The third-order valence-corrected chi connectivity index (χ3v) is 2.67. The van der Waals surface area contributed by atoms with Gasteiger partial charge in [0.25, 0.3) is 5.91 Å². The van der Waals surface area contributed by atoms with Crippen LogP contribution in [0.2, 0.25) is 5.02 Å². The molecule has 0 heterocycles. The van der Waals surface area contributed by atoms with Gasteiger partial charge < -0.3 is 10.6 Å². The Kier molecular flexibility index (Phi) is 6.45. The first-order valence-electron chi connectivity index (χ1n) is 6.24. The predicted octanol–water partition coefficient (Wildman–Crippen LogP) is 2.53. The summed E-state index contributed by atoms with van der Waals surface area (Å²) >= 11 is 5.69. The summed E-state index contributed by atoms with van der Waals surface area (Å²) in [6, 6.07) is 3.67. The minimum absolute atomic E-state index is 0.184. The molecule has 0 saturated carbocycles. The van der Waals surface area contributed by atoms with Crippen molar-refractivity contribution in [1.82, 2.24) is 10.6 Å². The number of nitrogens with one attached hydrogen (secondary N) is 2. The molecule has 1 aromatic rings. The summed E-state index contributed by atoms with van der Waals surface area (Å²) in [5.41, 5.74) is -0.184. The van der Waals surface area contributed by atoms with Gasteiger partial charge in [-0.25, -0.2) is 4.39 Å². The van der Waals surface area contributed by atoms with Gasteiger partial charge in [0.05, 0.1) is 12.1 Å². The van der Waals surface area contributed by atoms with Crippen molar-refractivity contribution in [2.75, 3.05) is 6.54 Å². The Morgan fingerprint density at radius 1 is 1.40 bits per heavy atom. The summed E-state index contributed by atoms with van der Waals surface area (Å²) in [6.07, 6.45) is 0.739. The Bertz CT molecular complexity index is 492. The van der Waals surface area contributed by atoms with Crippen LogP contribution in [0.25, 0.3) is 0 Å². The molecule has 1 radical (unpaired) electrons. The van der Waals surface area contributed by atoms with Crippen LogP contribution in [0.5, 0.6) is 0 Å². The molecule has 0 aliphatic rings. The predicted molar refractivity (Wildman–Crippen MR) is 75.6 cm³/mol. The van der Waals surface area contributed by atoms with Crippen molar-refractivity contribution in [1.29, 1.82) is 0 Å². The van der Waals surface area contributed by atoms with Crippen molar-refractivity contribution in [3.63, 3.8) is 0 Å². The lowest BCUT2D eigenvalue weighted by molar-refractivity contribution is -0.119. The molecule has 0 aliphatic heterocycles. The summed E-state index contributed by atoms with van der Waals surface area (Å²) in [5, 5.41) is 5.14. The van der Waals surface area contributed by atoms with Gasteiger partial charge in [-0.3, -0.25) is 9.59 Å². The number of amides is 2. The molecule has 2 N–H and O–H groups in total. The maximum absolute atomic E-state index is 13.4. The highest BCUT2D eigenvalue weighted by atomic mass is 35.5. The number of carbonyl (C=O) groups is 2. The monoisotopic (exact) mass is 299 g/mol. The fraction of sp³-hybridized carbons (Fsp3) is 0.357. The van der Waals surface area contributed by atoms with E-state index in [1.807, 2.05) is 13.8 Å². The van der Waals surface area contributed by atoms with E-state index in [1.165, 1.54) is 12.1 Å². The van der Waals surface area contributed by atoms with Gasteiger partial charge in [0, 0.05) is 11.6 Å². The standard InChI is InChI=1S/C14H17ClFN2O2/c1-9(2)5-6-17-13(19)8-18-14(20)11-7-10(15)3-4-12(11)16/h3-4,6-7,9H,5,8H2,1-2H3,(H,17,19)(H,18,20). The van der Waals surface area contributed by atoms with Crippen LogP contribution in [0, 0.1) is 18.3 Å². The minimum atomic E-state index is -0.682. The normalized spacial score (nSPS) is 10.4. The molecule has 0 bridgehead atoms. The van der Waals surface area contributed by atoms with Gasteiger partial charge in [0.1, 0.15) is 5.82 Å². The molecule has 109 valence electrons. The smallest absolute Gasteiger partial charge is 0.254 e. The molecule has 0 unspecified atom stereocenters.